The van der Waals surface area contributed by atoms with Crippen LogP contribution in [0.3, 0.4) is 0 Å². The van der Waals surface area contributed by atoms with Gasteiger partial charge in [0.2, 0.25) is 0 Å². The van der Waals surface area contributed by atoms with Crippen LogP contribution >= 0.6 is 11.3 Å². The zero-order valence-electron chi connectivity index (χ0n) is 10.3. The third-order valence-electron chi connectivity index (χ3n) is 3.79. The van der Waals surface area contributed by atoms with Gasteiger partial charge in [-0.1, -0.05) is 0 Å². The number of nitrogens with two attached hydrogens (primary N) is 1. The fraction of sp³-hybridized carbons (Fsp3) is 0.692. The predicted octanol–water partition coefficient (Wildman–Crippen LogP) is 1.88. The molecule has 3 nitrogen and oxygen atoms in total. The highest BCUT2D eigenvalue weighted by Gasteiger charge is 2.33. The van der Waals surface area contributed by atoms with Crippen LogP contribution in [0.2, 0.25) is 0 Å². The van der Waals surface area contributed by atoms with Crippen molar-refractivity contribution >= 4 is 11.3 Å². The van der Waals surface area contributed by atoms with Gasteiger partial charge < -0.3 is 10.5 Å². The van der Waals surface area contributed by atoms with Gasteiger partial charge in [0.15, 0.2) is 0 Å². The van der Waals surface area contributed by atoms with Gasteiger partial charge in [0.05, 0.1) is 12.2 Å². The molecular formula is C13H20N2OS. The van der Waals surface area contributed by atoms with Gasteiger partial charge in [-0.3, -0.25) is 4.90 Å². The van der Waals surface area contributed by atoms with E-state index in [9.17, 15) is 0 Å². The van der Waals surface area contributed by atoms with Crippen molar-refractivity contribution in [1.82, 2.24) is 4.90 Å². The van der Waals surface area contributed by atoms with Crippen LogP contribution in [0.25, 0.3) is 0 Å². The fourth-order valence-electron chi connectivity index (χ4n) is 2.91. The maximum Gasteiger partial charge on any atom is 0.0707 e. The number of aryl methyl sites for hydroxylation is 1. The highest BCUT2D eigenvalue weighted by Crippen LogP contribution is 2.29. The molecule has 2 aliphatic rings. The first-order chi connectivity index (χ1) is 8.24. The lowest BCUT2D eigenvalue weighted by Crippen LogP contribution is -2.41. The van der Waals surface area contributed by atoms with Gasteiger partial charge in [0.25, 0.3) is 0 Å². The molecule has 1 aromatic rings. The van der Waals surface area contributed by atoms with Crippen LogP contribution in [0, 0.1) is 6.92 Å². The molecular weight excluding hydrogens is 232 g/mol. The maximum absolute atomic E-state index is 5.86. The fourth-order valence-corrected chi connectivity index (χ4v) is 3.85. The molecule has 0 aliphatic carbocycles. The first kappa shape index (κ1) is 11.7. The van der Waals surface area contributed by atoms with Crippen LogP contribution in [0.1, 0.15) is 28.2 Å². The van der Waals surface area contributed by atoms with E-state index in [4.69, 9.17) is 10.5 Å². The van der Waals surface area contributed by atoms with Gasteiger partial charge in [-0.25, -0.2) is 0 Å². The Balaban J connectivity index is 1.68. The van der Waals surface area contributed by atoms with Crippen molar-refractivity contribution < 1.29 is 4.74 Å². The number of hydrogen-bond acceptors (Lipinski definition) is 4. The highest BCUT2D eigenvalue weighted by atomic mass is 32.1. The molecule has 0 spiro atoms. The van der Waals surface area contributed by atoms with Crippen LogP contribution in [-0.2, 0) is 17.8 Å². The third-order valence-corrected chi connectivity index (χ3v) is 4.90. The molecule has 4 heteroatoms. The molecule has 1 aromatic heterocycles. The minimum absolute atomic E-state index is 0.488. The summed E-state index contributed by atoms with van der Waals surface area (Å²) in [6.45, 7) is 6.14. The van der Waals surface area contributed by atoms with E-state index in [1.807, 2.05) is 11.3 Å². The van der Waals surface area contributed by atoms with Crippen molar-refractivity contribution in [3.8, 4) is 0 Å². The molecule has 0 amide bonds. The summed E-state index contributed by atoms with van der Waals surface area (Å²) in [5, 5.41) is 0. The van der Waals surface area contributed by atoms with E-state index >= 15 is 0 Å². The summed E-state index contributed by atoms with van der Waals surface area (Å²) in [6.07, 6.45) is 3.47. The van der Waals surface area contributed by atoms with Gasteiger partial charge in [-0.2, -0.15) is 0 Å². The minimum atomic E-state index is 0.488. The highest BCUT2D eigenvalue weighted by molar-refractivity contribution is 7.12. The topological polar surface area (TPSA) is 38.5 Å². The number of rotatable bonds is 3. The molecule has 2 unspecified atom stereocenters. The van der Waals surface area contributed by atoms with E-state index in [1.54, 1.807) is 0 Å². The Morgan fingerprint density at radius 3 is 2.71 bits per heavy atom. The van der Waals surface area contributed by atoms with Gasteiger partial charge in [-0.05, 0) is 31.4 Å². The van der Waals surface area contributed by atoms with Gasteiger partial charge in [0, 0.05) is 35.9 Å². The lowest BCUT2D eigenvalue weighted by Gasteiger charge is -2.32. The number of fused-ring (bicyclic) bond motifs is 2. The average molecular weight is 252 g/mol. The zero-order valence-corrected chi connectivity index (χ0v) is 11.1. The molecule has 17 heavy (non-hydrogen) atoms. The Labute approximate surface area is 107 Å². The summed E-state index contributed by atoms with van der Waals surface area (Å²) in [6, 6.07) is 2.28. The molecule has 0 saturated carbocycles. The van der Waals surface area contributed by atoms with E-state index in [-0.39, 0.29) is 0 Å². The summed E-state index contributed by atoms with van der Waals surface area (Å²) in [4.78, 5) is 5.26. The summed E-state index contributed by atoms with van der Waals surface area (Å²) in [5.41, 5.74) is 7.15. The smallest absolute Gasteiger partial charge is 0.0707 e. The maximum atomic E-state index is 5.86. The van der Waals surface area contributed by atoms with Crippen LogP contribution < -0.4 is 5.73 Å². The Morgan fingerprint density at radius 1 is 1.41 bits per heavy atom. The second-order valence-corrected chi connectivity index (χ2v) is 6.49. The first-order valence-corrected chi connectivity index (χ1v) is 7.22. The quantitative estimate of drug-likeness (QED) is 0.892. The average Bonchev–Trinajstić information content (AvgIpc) is 2.83. The number of ether oxygens (including phenoxy) is 1. The number of nitrogens with zero attached hydrogens (tertiary/aromatic N) is 1. The second-order valence-electron chi connectivity index (χ2n) is 5.15. The number of likely N-dealkylation sites (tertiary alicyclic amines) is 1. The molecule has 3 rings (SSSR count). The number of morpholine rings is 1. The largest absolute Gasteiger partial charge is 0.372 e. The van der Waals surface area contributed by atoms with E-state index in [0.29, 0.717) is 18.8 Å². The van der Waals surface area contributed by atoms with Crippen molar-refractivity contribution in [3.05, 3.63) is 21.4 Å². The van der Waals surface area contributed by atoms with E-state index in [2.05, 4.69) is 17.9 Å². The van der Waals surface area contributed by atoms with Crippen molar-refractivity contribution in [2.75, 3.05) is 13.1 Å². The molecule has 2 fully saturated rings. The molecule has 0 aromatic carbocycles. The van der Waals surface area contributed by atoms with Crippen LogP contribution in [0.15, 0.2) is 6.07 Å². The van der Waals surface area contributed by atoms with Crippen molar-refractivity contribution in [3.63, 3.8) is 0 Å². The Bertz CT molecular complexity index is 392. The molecule has 3 heterocycles. The van der Waals surface area contributed by atoms with Gasteiger partial charge >= 0.3 is 0 Å². The van der Waals surface area contributed by atoms with Crippen molar-refractivity contribution in [2.45, 2.75) is 45.1 Å². The molecule has 2 aliphatic heterocycles. The van der Waals surface area contributed by atoms with Crippen molar-refractivity contribution in [2.24, 2.45) is 5.73 Å². The van der Waals surface area contributed by atoms with Crippen molar-refractivity contribution in [1.29, 1.82) is 0 Å². The molecule has 0 radical (unpaired) electrons. The van der Waals surface area contributed by atoms with Crippen LogP contribution in [0.4, 0.5) is 0 Å². The lowest BCUT2D eigenvalue weighted by atomic mass is 10.2. The zero-order chi connectivity index (χ0) is 11.8. The second kappa shape index (κ2) is 4.69. The summed E-state index contributed by atoms with van der Waals surface area (Å²) in [5.74, 6) is 0. The lowest BCUT2D eigenvalue weighted by molar-refractivity contribution is -0.0410. The Morgan fingerprint density at radius 2 is 2.12 bits per heavy atom. The van der Waals surface area contributed by atoms with Crippen LogP contribution in [-0.4, -0.2) is 30.2 Å². The summed E-state index contributed by atoms with van der Waals surface area (Å²) in [7, 11) is 0. The molecule has 2 atom stereocenters. The molecule has 2 saturated heterocycles. The monoisotopic (exact) mass is 252 g/mol. The first-order valence-electron chi connectivity index (χ1n) is 6.40. The predicted molar refractivity (Wildman–Crippen MR) is 70.1 cm³/mol. The summed E-state index contributed by atoms with van der Waals surface area (Å²) >= 11 is 1.84. The number of thiophene rings is 1. The standard InChI is InChI=1S/C13H20N2OS/c1-9-10(4-13(5-14)17-9)6-15-7-11-2-3-12(8-15)16-11/h4,11-12H,2-3,5-8,14H2,1H3. The summed E-state index contributed by atoms with van der Waals surface area (Å²) < 4.78 is 5.86. The minimum Gasteiger partial charge on any atom is -0.372 e. The van der Waals surface area contributed by atoms with E-state index < -0.39 is 0 Å². The third kappa shape index (κ3) is 2.40. The SMILES string of the molecule is Cc1sc(CN)cc1CN1CC2CCC(C1)O2. The normalized spacial score (nSPS) is 28.8. The number of hydrogen-bond donors (Lipinski definition) is 1. The molecule has 94 valence electrons. The Hall–Kier alpha value is -0.420. The van der Waals surface area contributed by atoms with E-state index in [0.717, 1.165) is 19.6 Å². The molecule has 2 N–H and O–H groups in total. The van der Waals surface area contributed by atoms with E-state index in [1.165, 1.54) is 28.2 Å². The van der Waals surface area contributed by atoms with Gasteiger partial charge in [-0.15, -0.1) is 11.3 Å². The molecule has 2 bridgehead atoms. The Kier molecular flexibility index (Phi) is 3.21. The van der Waals surface area contributed by atoms with Gasteiger partial charge in [0.1, 0.15) is 0 Å². The van der Waals surface area contributed by atoms with Crippen LogP contribution in [0.5, 0.6) is 0 Å².